The number of allylic oxidation sites excluding steroid dienone is 1. The van der Waals surface area contributed by atoms with E-state index in [0.29, 0.717) is 5.71 Å². The van der Waals surface area contributed by atoms with Crippen molar-refractivity contribution in [2.24, 2.45) is 4.40 Å². The Bertz CT molecular complexity index is 1040. The van der Waals surface area contributed by atoms with Crippen LogP contribution in [-0.2, 0) is 10.0 Å². The van der Waals surface area contributed by atoms with E-state index in [1.165, 1.54) is 0 Å². The molecule has 130 valence electrons. The average molecular weight is 426 g/mol. The van der Waals surface area contributed by atoms with E-state index in [2.05, 4.69) is 20.3 Å². The maximum Gasteiger partial charge on any atom is 0.282 e. The van der Waals surface area contributed by atoms with Gasteiger partial charge in [0.15, 0.2) is 0 Å². The average Bonchev–Trinajstić information content (AvgIpc) is 2.66. The zero-order valence-electron chi connectivity index (χ0n) is 13.8. The molecule has 0 fully saturated rings. The minimum atomic E-state index is -3.79. The van der Waals surface area contributed by atoms with Crippen molar-refractivity contribution in [3.63, 3.8) is 0 Å². The van der Waals surface area contributed by atoms with Gasteiger partial charge in [-0.25, -0.2) is 0 Å². The Morgan fingerprint density at radius 3 is 2.15 bits per heavy atom. The van der Waals surface area contributed by atoms with E-state index in [4.69, 9.17) is 0 Å². The lowest BCUT2D eigenvalue weighted by Gasteiger charge is -2.04. The largest absolute Gasteiger partial charge is 0.282 e. The minimum Gasteiger partial charge on any atom is -0.199 e. The minimum absolute atomic E-state index is 0.171. The lowest BCUT2D eigenvalue weighted by molar-refractivity contribution is 0.598. The van der Waals surface area contributed by atoms with E-state index in [1.54, 1.807) is 36.4 Å². The zero-order valence-corrected chi connectivity index (χ0v) is 16.2. The lowest BCUT2D eigenvalue weighted by atomic mass is 10.1. The molecule has 0 saturated carbocycles. The van der Waals surface area contributed by atoms with Gasteiger partial charge in [0, 0.05) is 10.0 Å². The summed E-state index contributed by atoms with van der Waals surface area (Å²) in [7, 11) is -3.79. The molecule has 3 nitrogen and oxygen atoms in total. The number of hydrogen-bond donors (Lipinski definition) is 0. The van der Waals surface area contributed by atoms with Crippen LogP contribution in [0.5, 0.6) is 0 Å². The molecule has 0 unspecified atom stereocenters. The third-order valence-electron chi connectivity index (χ3n) is 3.61. The van der Waals surface area contributed by atoms with Crippen molar-refractivity contribution < 1.29 is 8.42 Å². The monoisotopic (exact) mass is 425 g/mol. The third kappa shape index (κ3) is 4.77. The molecular weight excluding hydrogens is 410 g/mol. The van der Waals surface area contributed by atoms with Crippen molar-refractivity contribution in [2.75, 3.05) is 0 Å². The van der Waals surface area contributed by atoms with Crippen LogP contribution < -0.4 is 0 Å². The van der Waals surface area contributed by atoms with E-state index in [1.807, 2.05) is 60.7 Å². The van der Waals surface area contributed by atoms with Crippen LogP contribution in [0.1, 0.15) is 11.1 Å². The van der Waals surface area contributed by atoms with Gasteiger partial charge in [-0.1, -0.05) is 82.7 Å². The fourth-order valence-corrected chi connectivity index (χ4v) is 3.80. The molecule has 0 spiro atoms. The van der Waals surface area contributed by atoms with Crippen LogP contribution in [-0.4, -0.2) is 14.1 Å². The zero-order chi connectivity index (χ0) is 18.4. The Labute approximate surface area is 161 Å². The van der Waals surface area contributed by atoms with Gasteiger partial charge in [-0.15, -0.1) is 0 Å². The molecule has 3 aromatic rings. The molecule has 0 aromatic heterocycles. The van der Waals surface area contributed by atoms with Gasteiger partial charge in [-0.2, -0.15) is 12.8 Å². The summed E-state index contributed by atoms with van der Waals surface area (Å²) in [4.78, 5) is 0.171. The maximum absolute atomic E-state index is 12.7. The van der Waals surface area contributed by atoms with Crippen LogP contribution in [0.4, 0.5) is 0 Å². The van der Waals surface area contributed by atoms with Crippen LogP contribution in [0.15, 0.2) is 105 Å². The highest BCUT2D eigenvalue weighted by molar-refractivity contribution is 9.10. The molecule has 0 aliphatic carbocycles. The molecule has 0 amide bonds. The van der Waals surface area contributed by atoms with Crippen LogP contribution in [0.3, 0.4) is 0 Å². The molecule has 0 bridgehead atoms. The number of nitrogens with zero attached hydrogens (tertiary/aromatic N) is 1. The first-order chi connectivity index (χ1) is 12.5. The lowest BCUT2D eigenvalue weighted by Crippen LogP contribution is -2.04. The Morgan fingerprint density at radius 2 is 1.50 bits per heavy atom. The quantitative estimate of drug-likeness (QED) is 0.517. The number of sulfonamides is 1. The Morgan fingerprint density at radius 1 is 0.846 bits per heavy atom. The second kappa shape index (κ2) is 8.25. The smallest absolute Gasteiger partial charge is 0.199 e. The molecular formula is C21H16BrNO2S. The first kappa shape index (κ1) is 18.3. The third-order valence-corrected chi connectivity index (χ3v) is 5.41. The van der Waals surface area contributed by atoms with E-state index in [9.17, 15) is 8.42 Å². The molecule has 0 radical (unpaired) electrons. The van der Waals surface area contributed by atoms with E-state index in [0.717, 1.165) is 15.6 Å². The van der Waals surface area contributed by atoms with Gasteiger partial charge >= 0.3 is 0 Å². The highest BCUT2D eigenvalue weighted by atomic mass is 79.9. The fourth-order valence-electron chi connectivity index (χ4n) is 2.35. The first-order valence-corrected chi connectivity index (χ1v) is 10.2. The summed E-state index contributed by atoms with van der Waals surface area (Å²) >= 11 is 3.43. The normalized spacial score (nSPS) is 12.4. The number of hydrogen-bond acceptors (Lipinski definition) is 2. The molecule has 0 aliphatic heterocycles. The summed E-state index contributed by atoms with van der Waals surface area (Å²) in [5.74, 6) is 0. The van der Waals surface area contributed by atoms with Crippen molar-refractivity contribution >= 4 is 37.7 Å². The van der Waals surface area contributed by atoms with Crippen LogP contribution in [0.25, 0.3) is 6.08 Å². The van der Waals surface area contributed by atoms with Crippen molar-refractivity contribution in [1.82, 2.24) is 0 Å². The second-order valence-electron chi connectivity index (χ2n) is 5.52. The summed E-state index contributed by atoms with van der Waals surface area (Å²) < 4.78 is 30.3. The van der Waals surface area contributed by atoms with Gasteiger partial charge < -0.3 is 0 Å². The van der Waals surface area contributed by atoms with E-state index < -0.39 is 10.0 Å². The maximum atomic E-state index is 12.7. The fraction of sp³-hybridized carbons (Fsp3) is 0. The van der Waals surface area contributed by atoms with E-state index >= 15 is 0 Å². The van der Waals surface area contributed by atoms with Gasteiger partial charge in [-0.05, 0) is 35.9 Å². The van der Waals surface area contributed by atoms with Crippen molar-refractivity contribution in [2.45, 2.75) is 4.90 Å². The molecule has 26 heavy (non-hydrogen) atoms. The number of benzene rings is 3. The molecule has 3 rings (SSSR count). The van der Waals surface area contributed by atoms with Crippen LogP contribution in [0, 0.1) is 0 Å². The summed E-state index contributed by atoms with van der Waals surface area (Å²) in [6.07, 6.45) is 3.56. The first-order valence-electron chi connectivity index (χ1n) is 7.94. The summed E-state index contributed by atoms with van der Waals surface area (Å²) in [6, 6.07) is 25.2. The van der Waals surface area contributed by atoms with Gasteiger partial charge in [0.05, 0.1) is 10.6 Å². The SMILES string of the molecule is O=S(=O)(/N=C(/C=C/c1cccc(Br)c1)c1ccccc1)c1ccccc1. The predicted octanol–water partition coefficient (Wildman–Crippen LogP) is 5.34. The van der Waals surface area contributed by atoms with Crippen LogP contribution >= 0.6 is 15.9 Å². The highest BCUT2D eigenvalue weighted by Gasteiger charge is 2.13. The van der Waals surface area contributed by atoms with Gasteiger partial charge in [-0.3, -0.25) is 0 Å². The molecule has 0 atom stereocenters. The Hall–Kier alpha value is -2.50. The second-order valence-corrected chi connectivity index (χ2v) is 8.04. The molecule has 0 saturated heterocycles. The molecule has 0 aliphatic rings. The van der Waals surface area contributed by atoms with E-state index in [-0.39, 0.29) is 4.90 Å². The number of halogens is 1. The summed E-state index contributed by atoms with van der Waals surface area (Å²) in [5.41, 5.74) is 2.06. The molecule has 0 heterocycles. The standard InChI is InChI=1S/C21H16BrNO2S/c22-19-11-7-8-17(16-19)14-15-21(18-9-3-1-4-10-18)23-26(24,25)20-12-5-2-6-13-20/h1-16H/b15-14+,23-21-. The van der Waals surface area contributed by atoms with Gasteiger partial charge in [0.2, 0.25) is 0 Å². The molecule has 3 aromatic carbocycles. The van der Waals surface area contributed by atoms with Gasteiger partial charge in [0.1, 0.15) is 0 Å². The summed E-state index contributed by atoms with van der Waals surface area (Å²) in [6.45, 7) is 0. The topological polar surface area (TPSA) is 46.5 Å². The van der Waals surface area contributed by atoms with Crippen molar-refractivity contribution in [3.8, 4) is 0 Å². The predicted molar refractivity (Wildman–Crippen MR) is 110 cm³/mol. The Kier molecular flexibility index (Phi) is 5.81. The Balaban J connectivity index is 2.04. The molecule has 5 heteroatoms. The van der Waals surface area contributed by atoms with Crippen LogP contribution in [0.2, 0.25) is 0 Å². The molecule has 0 N–H and O–H groups in total. The highest BCUT2D eigenvalue weighted by Crippen LogP contribution is 2.16. The summed E-state index contributed by atoms with van der Waals surface area (Å²) in [5, 5.41) is 0. The van der Waals surface area contributed by atoms with Crippen molar-refractivity contribution in [3.05, 3.63) is 107 Å². The number of rotatable bonds is 5. The van der Waals surface area contributed by atoms with Crippen molar-refractivity contribution in [1.29, 1.82) is 0 Å². The van der Waals surface area contributed by atoms with Gasteiger partial charge in [0.25, 0.3) is 10.0 Å².